The fourth-order valence-corrected chi connectivity index (χ4v) is 4.98. The molecule has 0 aliphatic carbocycles. The lowest BCUT2D eigenvalue weighted by atomic mass is 9.89. The van der Waals surface area contributed by atoms with Gasteiger partial charge in [-0.15, -0.1) is 0 Å². The predicted octanol–water partition coefficient (Wildman–Crippen LogP) is 3.20. The molecule has 1 unspecified atom stereocenters. The van der Waals surface area contributed by atoms with Gasteiger partial charge in [-0.3, -0.25) is 24.1 Å². The van der Waals surface area contributed by atoms with E-state index in [0.717, 1.165) is 0 Å². The standard InChI is InChI=1S/C26H26N2O6/c1-15(2)13-28-24(31)18-6-4-16(10-19(18)25(28)32)23(30)27-9-8-26(14-27)12-21(29)20-11-17(33-3)5-7-22(20)34-26/h4-7,10-11,15H,8-9,12-14H2,1-3H3. The molecule has 1 fully saturated rings. The van der Waals surface area contributed by atoms with Crippen molar-refractivity contribution in [3.05, 3.63) is 58.7 Å². The monoisotopic (exact) mass is 462 g/mol. The van der Waals surface area contributed by atoms with Gasteiger partial charge in [-0.2, -0.15) is 0 Å². The van der Waals surface area contributed by atoms with Gasteiger partial charge in [-0.1, -0.05) is 13.8 Å². The number of likely N-dealkylation sites (tertiary alicyclic amines) is 1. The minimum Gasteiger partial charge on any atom is -0.497 e. The van der Waals surface area contributed by atoms with Gasteiger partial charge in [0, 0.05) is 25.1 Å². The van der Waals surface area contributed by atoms with Crippen molar-refractivity contribution in [1.82, 2.24) is 9.80 Å². The minimum absolute atomic E-state index is 0.0404. The summed E-state index contributed by atoms with van der Waals surface area (Å²) >= 11 is 0. The Morgan fingerprint density at radius 1 is 1.06 bits per heavy atom. The summed E-state index contributed by atoms with van der Waals surface area (Å²) in [7, 11) is 1.54. The van der Waals surface area contributed by atoms with Gasteiger partial charge >= 0.3 is 0 Å². The zero-order valence-corrected chi connectivity index (χ0v) is 19.4. The molecule has 3 amide bonds. The van der Waals surface area contributed by atoms with E-state index in [0.29, 0.717) is 47.7 Å². The first-order valence-corrected chi connectivity index (χ1v) is 11.4. The molecule has 34 heavy (non-hydrogen) atoms. The van der Waals surface area contributed by atoms with Crippen molar-refractivity contribution in [3.8, 4) is 11.5 Å². The molecule has 0 aromatic heterocycles. The summed E-state index contributed by atoms with van der Waals surface area (Å²) in [5.74, 6) is 0.255. The number of methoxy groups -OCH3 is 1. The molecule has 3 aliphatic heterocycles. The lowest BCUT2D eigenvalue weighted by Crippen LogP contribution is -2.45. The van der Waals surface area contributed by atoms with Crippen LogP contribution in [-0.4, -0.2) is 65.6 Å². The molecular weight excluding hydrogens is 436 g/mol. The summed E-state index contributed by atoms with van der Waals surface area (Å²) < 4.78 is 11.5. The molecule has 0 N–H and O–H groups in total. The number of hydrogen-bond acceptors (Lipinski definition) is 6. The van der Waals surface area contributed by atoms with E-state index in [2.05, 4.69) is 0 Å². The molecule has 3 aliphatic rings. The van der Waals surface area contributed by atoms with Gasteiger partial charge in [0.25, 0.3) is 17.7 Å². The fourth-order valence-electron chi connectivity index (χ4n) is 4.98. The van der Waals surface area contributed by atoms with Crippen molar-refractivity contribution in [1.29, 1.82) is 0 Å². The molecule has 8 heteroatoms. The Bertz CT molecular complexity index is 1240. The lowest BCUT2D eigenvalue weighted by Gasteiger charge is -2.34. The Morgan fingerprint density at radius 2 is 1.82 bits per heavy atom. The Morgan fingerprint density at radius 3 is 2.56 bits per heavy atom. The van der Waals surface area contributed by atoms with Gasteiger partial charge in [0.1, 0.15) is 17.1 Å². The van der Waals surface area contributed by atoms with E-state index >= 15 is 0 Å². The number of amides is 3. The van der Waals surface area contributed by atoms with Crippen LogP contribution in [0.1, 0.15) is 68.1 Å². The molecule has 176 valence electrons. The summed E-state index contributed by atoms with van der Waals surface area (Å²) in [6.45, 7) is 4.92. The van der Waals surface area contributed by atoms with E-state index in [1.165, 1.54) is 11.0 Å². The predicted molar refractivity (Wildman–Crippen MR) is 122 cm³/mol. The zero-order chi connectivity index (χ0) is 24.2. The number of nitrogens with zero attached hydrogens (tertiary/aromatic N) is 2. The topological polar surface area (TPSA) is 93.2 Å². The summed E-state index contributed by atoms with van der Waals surface area (Å²) in [4.78, 5) is 54.4. The number of rotatable bonds is 4. The van der Waals surface area contributed by atoms with Crippen LogP contribution in [0.2, 0.25) is 0 Å². The number of carbonyl (C=O) groups is 4. The summed E-state index contributed by atoms with van der Waals surface area (Å²) in [6.07, 6.45) is 0.707. The highest BCUT2D eigenvalue weighted by atomic mass is 16.5. The highest BCUT2D eigenvalue weighted by Crippen LogP contribution is 2.40. The first-order chi connectivity index (χ1) is 16.2. The summed E-state index contributed by atoms with van der Waals surface area (Å²) in [5.41, 5.74) is 0.647. The molecule has 0 radical (unpaired) electrons. The van der Waals surface area contributed by atoms with Crippen molar-refractivity contribution in [3.63, 3.8) is 0 Å². The molecule has 0 bridgehead atoms. The Kier molecular flexibility index (Phi) is 5.19. The Labute approximate surface area is 197 Å². The van der Waals surface area contributed by atoms with Crippen molar-refractivity contribution >= 4 is 23.5 Å². The van der Waals surface area contributed by atoms with Gasteiger partial charge < -0.3 is 14.4 Å². The van der Waals surface area contributed by atoms with E-state index in [9.17, 15) is 19.2 Å². The first kappa shape index (κ1) is 22.1. The number of carbonyl (C=O) groups excluding carboxylic acids is 4. The minimum atomic E-state index is -0.773. The average molecular weight is 463 g/mol. The number of hydrogen-bond donors (Lipinski definition) is 0. The van der Waals surface area contributed by atoms with Crippen LogP contribution < -0.4 is 9.47 Å². The van der Waals surface area contributed by atoms with Gasteiger partial charge in [0.2, 0.25) is 0 Å². The summed E-state index contributed by atoms with van der Waals surface area (Å²) in [6, 6.07) is 9.80. The number of fused-ring (bicyclic) bond motifs is 2. The highest BCUT2D eigenvalue weighted by molar-refractivity contribution is 6.22. The van der Waals surface area contributed by atoms with Crippen LogP contribution in [0.4, 0.5) is 0 Å². The second-order valence-corrected chi connectivity index (χ2v) is 9.60. The second kappa shape index (κ2) is 7.97. The van der Waals surface area contributed by atoms with Crippen LogP contribution in [0.5, 0.6) is 11.5 Å². The van der Waals surface area contributed by atoms with Crippen LogP contribution in [0.15, 0.2) is 36.4 Å². The lowest BCUT2D eigenvalue weighted by molar-refractivity contribution is 0.0427. The quantitative estimate of drug-likeness (QED) is 0.648. The molecule has 2 aromatic rings. The number of ether oxygens (including phenoxy) is 2. The number of imide groups is 1. The van der Waals surface area contributed by atoms with Gasteiger partial charge in [0.05, 0.1) is 36.8 Å². The van der Waals surface area contributed by atoms with Gasteiger partial charge in [0.15, 0.2) is 5.78 Å². The number of Topliss-reactive ketones (excluding diaryl/α,β-unsaturated/α-hetero) is 1. The zero-order valence-electron chi connectivity index (χ0n) is 19.4. The largest absolute Gasteiger partial charge is 0.497 e. The second-order valence-electron chi connectivity index (χ2n) is 9.60. The smallest absolute Gasteiger partial charge is 0.261 e. The molecular formula is C26H26N2O6. The van der Waals surface area contributed by atoms with Crippen LogP contribution in [0, 0.1) is 5.92 Å². The van der Waals surface area contributed by atoms with Gasteiger partial charge in [-0.25, -0.2) is 0 Å². The SMILES string of the molecule is COc1ccc2c(c1)C(=O)CC1(CCN(C(=O)c3ccc4c(c3)C(=O)N(CC(C)C)C4=O)C1)O2. The Hall–Kier alpha value is -3.68. The Balaban J connectivity index is 1.35. The van der Waals surface area contributed by atoms with Gasteiger partial charge in [-0.05, 0) is 42.3 Å². The molecule has 8 nitrogen and oxygen atoms in total. The number of benzene rings is 2. The normalized spacial score (nSPS) is 21.2. The molecule has 5 rings (SSSR count). The molecule has 0 saturated carbocycles. The van der Waals surface area contributed by atoms with Crippen LogP contribution in [-0.2, 0) is 0 Å². The number of ketones is 1. The maximum absolute atomic E-state index is 13.3. The molecule has 3 heterocycles. The summed E-state index contributed by atoms with van der Waals surface area (Å²) in [5, 5.41) is 0. The third-order valence-corrected chi connectivity index (χ3v) is 6.67. The van der Waals surface area contributed by atoms with Crippen LogP contribution in [0.25, 0.3) is 0 Å². The molecule has 1 spiro atoms. The molecule has 2 aromatic carbocycles. The molecule has 1 atom stereocenters. The van der Waals surface area contributed by atoms with E-state index < -0.39 is 5.60 Å². The van der Waals surface area contributed by atoms with Crippen LogP contribution in [0.3, 0.4) is 0 Å². The maximum Gasteiger partial charge on any atom is 0.261 e. The van der Waals surface area contributed by atoms with Crippen molar-refractivity contribution in [2.24, 2.45) is 5.92 Å². The third-order valence-electron chi connectivity index (χ3n) is 6.67. The molecule has 1 saturated heterocycles. The highest BCUT2D eigenvalue weighted by Gasteiger charge is 2.47. The van der Waals surface area contributed by atoms with E-state index in [1.807, 2.05) is 13.8 Å². The van der Waals surface area contributed by atoms with Crippen LogP contribution >= 0.6 is 0 Å². The van der Waals surface area contributed by atoms with Crippen molar-refractivity contribution < 1.29 is 28.7 Å². The van der Waals surface area contributed by atoms with E-state index in [4.69, 9.17) is 9.47 Å². The van der Waals surface area contributed by atoms with Crippen molar-refractivity contribution in [2.75, 3.05) is 26.7 Å². The maximum atomic E-state index is 13.3. The van der Waals surface area contributed by atoms with E-state index in [-0.39, 0.29) is 48.0 Å². The van der Waals surface area contributed by atoms with Crippen molar-refractivity contribution in [2.45, 2.75) is 32.3 Å². The first-order valence-electron chi connectivity index (χ1n) is 11.4. The average Bonchev–Trinajstić information content (AvgIpc) is 3.32. The fraction of sp³-hybridized carbons (Fsp3) is 0.385. The third kappa shape index (κ3) is 3.54. The van der Waals surface area contributed by atoms with E-state index in [1.54, 1.807) is 42.3 Å².